The molecule has 2 aromatic carbocycles. The zero-order valence-electron chi connectivity index (χ0n) is 13.8. The first-order valence-corrected chi connectivity index (χ1v) is 8.40. The van der Waals surface area contributed by atoms with Crippen LogP contribution in [0.4, 0.5) is 0 Å². The van der Waals surface area contributed by atoms with Gasteiger partial charge >= 0.3 is 0 Å². The third kappa shape index (κ3) is 6.60. The van der Waals surface area contributed by atoms with Gasteiger partial charge in [-0.05, 0) is 54.8 Å². The van der Waals surface area contributed by atoms with Gasteiger partial charge in [-0.15, -0.1) is 0 Å². The number of nitrogens with one attached hydrogen (secondary N) is 2. The van der Waals surface area contributed by atoms with E-state index in [-0.39, 0.29) is 5.91 Å². The number of amides is 1. The molecule has 1 amide bonds. The molecule has 0 saturated carbocycles. The highest BCUT2D eigenvalue weighted by atomic mass is 35.5. The van der Waals surface area contributed by atoms with Gasteiger partial charge in [0.05, 0.1) is 13.7 Å². The number of carbonyl (C=O) groups excluding carboxylic acids is 1. The Balaban J connectivity index is 1.59. The van der Waals surface area contributed by atoms with Gasteiger partial charge in [-0.3, -0.25) is 4.79 Å². The Morgan fingerprint density at radius 3 is 2.50 bits per heavy atom. The summed E-state index contributed by atoms with van der Waals surface area (Å²) in [5, 5.41) is 6.80. The van der Waals surface area contributed by atoms with Gasteiger partial charge in [0.25, 0.3) is 0 Å². The molecule has 2 aromatic rings. The third-order valence-corrected chi connectivity index (χ3v) is 3.87. The van der Waals surface area contributed by atoms with E-state index in [1.54, 1.807) is 7.11 Å². The highest BCUT2D eigenvalue weighted by Crippen LogP contribution is 2.12. The van der Waals surface area contributed by atoms with Crippen LogP contribution >= 0.6 is 11.6 Å². The first-order valence-electron chi connectivity index (χ1n) is 8.02. The van der Waals surface area contributed by atoms with E-state index in [0.29, 0.717) is 13.1 Å². The fraction of sp³-hybridized carbons (Fsp3) is 0.316. The molecule has 0 aliphatic carbocycles. The van der Waals surface area contributed by atoms with Crippen molar-refractivity contribution >= 4 is 17.5 Å². The summed E-state index contributed by atoms with van der Waals surface area (Å²) in [6.07, 6.45) is 1.63. The molecule has 4 nitrogen and oxygen atoms in total. The van der Waals surface area contributed by atoms with E-state index in [9.17, 15) is 4.79 Å². The summed E-state index contributed by atoms with van der Waals surface area (Å²) in [7, 11) is 1.65. The largest absolute Gasteiger partial charge is 0.497 e. The predicted molar refractivity (Wildman–Crippen MR) is 97.7 cm³/mol. The smallest absolute Gasteiger partial charge is 0.233 e. The van der Waals surface area contributed by atoms with Crippen molar-refractivity contribution in [2.45, 2.75) is 12.8 Å². The highest BCUT2D eigenvalue weighted by Gasteiger charge is 2.02. The first-order chi connectivity index (χ1) is 11.7. The minimum Gasteiger partial charge on any atom is -0.497 e. The van der Waals surface area contributed by atoms with Crippen molar-refractivity contribution in [1.29, 1.82) is 0 Å². The second-order valence-electron chi connectivity index (χ2n) is 5.51. The minimum absolute atomic E-state index is 0.00369. The maximum Gasteiger partial charge on any atom is 0.233 e. The topological polar surface area (TPSA) is 50.4 Å². The lowest BCUT2D eigenvalue weighted by Crippen LogP contribution is -2.35. The monoisotopic (exact) mass is 346 g/mol. The fourth-order valence-corrected chi connectivity index (χ4v) is 2.58. The molecule has 5 heteroatoms. The molecular weight excluding hydrogens is 324 g/mol. The molecule has 24 heavy (non-hydrogen) atoms. The van der Waals surface area contributed by atoms with E-state index >= 15 is 0 Å². The molecule has 0 aliphatic rings. The summed E-state index contributed by atoms with van der Waals surface area (Å²) in [6, 6.07) is 15.6. The Hall–Kier alpha value is -2.04. The Labute approximate surface area is 148 Å². The Morgan fingerprint density at radius 1 is 1.04 bits per heavy atom. The van der Waals surface area contributed by atoms with Crippen molar-refractivity contribution in [3.63, 3.8) is 0 Å². The van der Waals surface area contributed by atoms with Crippen LogP contribution in [-0.4, -0.2) is 32.7 Å². The number of hydrogen-bond acceptors (Lipinski definition) is 3. The summed E-state index contributed by atoms with van der Waals surface area (Å²) in [5.41, 5.74) is 2.30. The van der Waals surface area contributed by atoms with Crippen LogP contribution in [0.5, 0.6) is 5.75 Å². The average Bonchev–Trinajstić information content (AvgIpc) is 2.59. The lowest BCUT2D eigenvalue weighted by molar-refractivity contribution is -0.120. The quantitative estimate of drug-likeness (QED) is 0.686. The van der Waals surface area contributed by atoms with Crippen LogP contribution < -0.4 is 15.4 Å². The zero-order valence-corrected chi connectivity index (χ0v) is 14.6. The number of ether oxygens (including phenoxy) is 1. The van der Waals surface area contributed by atoms with Gasteiger partial charge in [0.2, 0.25) is 5.91 Å². The highest BCUT2D eigenvalue weighted by molar-refractivity contribution is 6.30. The molecule has 0 unspecified atom stereocenters. The number of halogens is 1. The second-order valence-corrected chi connectivity index (χ2v) is 5.94. The summed E-state index contributed by atoms with van der Waals surface area (Å²) in [4.78, 5) is 11.8. The van der Waals surface area contributed by atoms with Gasteiger partial charge < -0.3 is 15.4 Å². The van der Waals surface area contributed by atoms with E-state index in [2.05, 4.69) is 10.6 Å². The lowest BCUT2D eigenvalue weighted by atomic mass is 10.1. The normalized spacial score (nSPS) is 10.4. The average molecular weight is 347 g/mol. The first kappa shape index (κ1) is 18.3. The lowest BCUT2D eigenvalue weighted by Gasteiger charge is -2.08. The predicted octanol–water partition coefficient (Wildman–Crippen LogP) is 2.84. The maximum atomic E-state index is 11.8. The van der Waals surface area contributed by atoms with Crippen molar-refractivity contribution in [2.24, 2.45) is 0 Å². The zero-order chi connectivity index (χ0) is 17.2. The van der Waals surface area contributed by atoms with Crippen LogP contribution in [0.3, 0.4) is 0 Å². The van der Waals surface area contributed by atoms with Crippen LogP contribution in [0.25, 0.3) is 0 Å². The van der Waals surface area contributed by atoms with Crippen molar-refractivity contribution in [1.82, 2.24) is 10.6 Å². The Bertz CT molecular complexity index is 661. The molecule has 0 spiro atoms. The molecule has 2 N–H and O–H groups in total. The van der Waals surface area contributed by atoms with Crippen LogP contribution in [0.2, 0.25) is 5.02 Å². The number of carbonyl (C=O) groups is 1. The van der Waals surface area contributed by atoms with Gasteiger partial charge in [0, 0.05) is 11.6 Å². The second kappa shape index (κ2) is 9.96. The number of rotatable bonds is 9. The van der Waals surface area contributed by atoms with Gasteiger partial charge in [-0.25, -0.2) is 0 Å². The molecular formula is C19H23ClN2O2. The molecule has 0 aromatic heterocycles. The molecule has 0 heterocycles. The summed E-state index contributed by atoms with van der Waals surface area (Å²) < 4.78 is 5.19. The fourth-order valence-electron chi connectivity index (χ4n) is 2.36. The van der Waals surface area contributed by atoms with Gasteiger partial charge in [0.15, 0.2) is 0 Å². The Morgan fingerprint density at radius 2 is 1.75 bits per heavy atom. The summed E-state index contributed by atoms with van der Waals surface area (Å²) in [5.74, 6) is 0.838. The number of benzene rings is 2. The SMILES string of the molecule is COc1cccc(CCNC(=O)CNCCc2cccc(Cl)c2)c1. The summed E-state index contributed by atoms with van der Waals surface area (Å²) in [6.45, 7) is 1.67. The third-order valence-electron chi connectivity index (χ3n) is 3.64. The minimum atomic E-state index is 0.00369. The number of methoxy groups -OCH3 is 1. The van der Waals surface area contributed by atoms with Gasteiger partial charge in [0.1, 0.15) is 5.75 Å². The molecule has 0 aliphatic heterocycles. The van der Waals surface area contributed by atoms with Crippen LogP contribution in [0.15, 0.2) is 48.5 Å². The van der Waals surface area contributed by atoms with E-state index in [1.807, 2.05) is 48.5 Å². The van der Waals surface area contributed by atoms with Gasteiger partial charge in [-0.1, -0.05) is 35.9 Å². The molecule has 0 radical (unpaired) electrons. The van der Waals surface area contributed by atoms with Gasteiger partial charge in [-0.2, -0.15) is 0 Å². The maximum absolute atomic E-state index is 11.8. The molecule has 128 valence electrons. The number of hydrogen-bond donors (Lipinski definition) is 2. The van der Waals surface area contributed by atoms with Crippen molar-refractivity contribution in [3.8, 4) is 5.75 Å². The van der Waals surface area contributed by atoms with Crippen molar-refractivity contribution in [2.75, 3.05) is 26.7 Å². The molecule has 0 bridgehead atoms. The van der Waals surface area contributed by atoms with E-state index in [0.717, 1.165) is 41.3 Å². The van der Waals surface area contributed by atoms with Crippen molar-refractivity contribution < 1.29 is 9.53 Å². The van der Waals surface area contributed by atoms with E-state index in [1.165, 1.54) is 0 Å². The van der Waals surface area contributed by atoms with E-state index in [4.69, 9.17) is 16.3 Å². The standard InChI is InChI=1S/C19H23ClN2O2/c1-24-18-7-3-5-16(13-18)9-11-22-19(23)14-21-10-8-15-4-2-6-17(20)12-15/h2-7,12-13,21H,8-11,14H2,1H3,(H,22,23). The Kier molecular flexibility index (Phi) is 7.59. The van der Waals surface area contributed by atoms with Crippen LogP contribution in [-0.2, 0) is 17.6 Å². The molecule has 2 rings (SSSR count). The molecule has 0 saturated heterocycles. The van der Waals surface area contributed by atoms with Crippen LogP contribution in [0, 0.1) is 0 Å². The van der Waals surface area contributed by atoms with E-state index < -0.39 is 0 Å². The van der Waals surface area contributed by atoms with Crippen molar-refractivity contribution in [3.05, 3.63) is 64.7 Å². The summed E-state index contributed by atoms with van der Waals surface area (Å²) >= 11 is 5.94. The molecule has 0 atom stereocenters. The van der Waals surface area contributed by atoms with Crippen LogP contribution in [0.1, 0.15) is 11.1 Å². The molecule has 0 fully saturated rings.